The molecule has 2 nitrogen and oxygen atoms in total. The van der Waals surface area contributed by atoms with E-state index >= 15 is 0 Å². The number of ketones is 1. The van der Waals surface area contributed by atoms with Gasteiger partial charge in [-0.15, -0.1) is 0 Å². The van der Waals surface area contributed by atoms with E-state index in [4.69, 9.17) is 4.74 Å². The monoisotopic (exact) mass is 386 g/mol. The van der Waals surface area contributed by atoms with Gasteiger partial charge in [-0.25, -0.2) is 0 Å². The highest BCUT2D eigenvalue weighted by Crippen LogP contribution is 2.46. The number of hydrogen-bond donors (Lipinski definition) is 0. The van der Waals surface area contributed by atoms with Crippen LogP contribution in [-0.2, 0) is 5.60 Å². The van der Waals surface area contributed by atoms with Crippen LogP contribution in [0.5, 0.6) is 5.75 Å². The van der Waals surface area contributed by atoms with Gasteiger partial charge < -0.3 is 4.74 Å². The van der Waals surface area contributed by atoms with Crippen LogP contribution in [0.15, 0.2) is 103 Å². The molecule has 0 unspecified atom stereocenters. The molecule has 6 rings (SSSR count). The lowest BCUT2D eigenvalue weighted by Crippen LogP contribution is -2.34. The maximum Gasteiger partial charge on any atom is 0.194 e. The van der Waals surface area contributed by atoms with Crippen molar-refractivity contribution in [1.29, 1.82) is 0 Å². The molecule has 0 saturated heterocycles. The van der Waals surface area contributed by atoms with Crippen molar-refractivity contribution in [3.05, 3.63) is 131 Å². The molecule has 0 spiro atoms. The van der Waals surface area contributed by atoms with Crippen LogP contribution in [0, 0.1) is 0 Å². The lowest BCUT2D eigenvalue weighted by Gasteiger charge is -2.36. The Labute approximate surface area is 175 Å². The van der Waals surface area contributed by atoms with Crippen LogP contribution in [-0.4, -0.2) is 5.78 Å². The van der Waals surface area contributed by atoms with E-state index in [0.717, 1.165) is 39.1 Å². The molecule has 0 saturated carbocycles. The largest absolute Gasteiger partial charge is 0.473 e. The van der Waals surface area contributed by atoms with E-state index in [1.54, 1.807) is 0 Å². The van der Waals surface area contributed by atoms with Gasteiger partial charge in [0.05, 0.1) is 0 Å². The summed E-state index contributed by atoms with van der Waals surface area (Å²) in [6.45, 7) is 0. The molecule has 1 heterocycles. The first-order valence-corrected chi connectivity index (χ1v) is 10.1. The highest BCUT2D eigenvalue weighted by Gasteiger charge is 2.38. The first-order chi connectivity index (χ1) is 14.8. The summed E-state index contributed by atoms with van der Waals surface area (Å²) in [5, 5.41) is 0. The molecule has 0 aromatic heterocycles. The van der Waals surface area contributed by atoms with Crippen LogP contribution in [0.25, 0.3) is 17.2 Å². The Hall–Kier alpha value is -3.91. The minimum atomic E-state index is -0.738. The van der Waals surface area contributed by atoms with Crippen LogP contribution in [0.4, 0.5) is 0 Å². The molecule has 30 heavy (non-hydrogen) atoms. The summed E-state index contributed by atoms with van der Waals surface area (Å²) in [6.07, 6.45) is 4.24. The average Bonchev–Trinajstić information content (AvgIpc) is 3.10. The van der Waals surface area contributed by atoms with Crippen molar-refractivity contribution < 1.29 is 9.53 Å². The third-order valence-corrected chi connectivity index (χ3v) is 6.03. The van der Waals surface area contributed by atoms with Gasteiger partial charge in [0.15, 0.2) is 11.4 Å². The molecule has 2 heteroatoms. The fourth-order valence-electron chi connectivity index (χ4n) is 4.55. The predicted octanol–water partition coefficient (Wildman–Crippen LogP) is 6.25. The zero-order chi connectivity index (χ0) is 20.1. The molecular weight excluding hydrogens is 368 g/mol. The molecule has 142 valence electrons. The molecule has 1 aliphatic carbocycles. The van der Waals surface area contributed by atoms with Crippen LogP contribution in [0.3, 0.4) is 0 Å². The first-order valence-electron chi connectivity index (χ1n) is 10.1. The fraction of sp³-hybridized carbons (Fsp3) is 0.0357. The highest BCUT2D eigenvalue weighted by molar-refractivity contribution is 6.22. The van der Waals surface area contributed by atoms with Crippen molar-refractivity contribution in [3.63, 3.8) is 0 Å². The summed E-state index contributed by atoms with van der Waals surface area (Å²) in [5.74, 6) is 0.789. The number of fused-ring (bicyclic) bond motifs is 4. The number of rotatable bonds is 2. The van der Waals surface area contributed by atoms with E-state index < -0.39 is 5.60 Å². The number of ether oxygens (including phenoxy) is 1. The van der Waals surface area contributed by atoms with Crippen molar-refractivity contribution >= 4 is 11.9 Å². The van der Waals surface area contributed by atoms with Gasteiger partial charge in [-0.1, -0.05) is 91.0 Å². The Morgan fingerprint density at radius 2 is 1.20 bits per heavy atom. The van der Waals surface area contributed by atoms with E-state index in [0.29, 0.717) is 5.56 Å². The van der Waals surface area contributed by atoms with Gasteiger partial charge in [-0.05, 0) is 29.3 Å². The van der Waals surface area contributed by atoms with Crippen molar-refractivity contribution in [2.24, 2.45) is 0 Å². The minimum Gasteiger partial charge on any atom is -0.473 e. The standard InChI is InChI=1S/C28H18O2/c29-27-23-14-8-7-13-22(23)24-17-19-15-16-28(20-9-3-1-4-10-20,21-11-5-2-6-12-21)30-26(19)18-25(24)27/h1-18H. The quantitative estimate of drug-likeness (QED) is 0.359. The van der Waals surface area contributed by atoms with Crippen LogP contribution in [0.1, 0.15) is 32.6 Å². The molecule has 0 bridgehead atoms. The Morgan fingerprint density at radius 3 is 1.87 bits per heavy atom. The smallest absolute Gasteiger partial charge is 0.194 e. The molecule has 2 aliphatic rings. The number of carbonyl (C=O) groups excluding carboxylic acids is 1. The van der Waals surface area contributed by atoms with Crippen molar-refractivity contribution in [2.75, 3.05) is 0 Å². The second-order valence-electron chi connectivity index (χ2n) is 7.71. The van der Waals surface area contributed by atoms with E-state index in [1.165, 1.54) is 0 Å². The minimum absolute atomic E-state index is 0.0616. The van der Waals surface area contributed by atoms with E-state index in [1.807, 2.05) is 66.7 Å². The molecule has 0 fully saturated rings. The molecule has 1 aliphatic heterocycles. The number of benzene rings is 4. The molecule has 0 amide bonds. The summed E-state index contributed by atoms with van der Waals surface area (Å²) < 4.78 is 6.73. The average molecular weight is 386 g/mol. The summed E-state index contributed by atoms with van der Waals surface area (Å²) in [4.78, 5) is 13.0. The summed E-state index contributed by atoms with van der Waals surface area (Å²) in [6, 6.07) is 32.2. The summed E-state index contributed by atoms with van der Waals surface area (Å²) >= 11 is 0. The molecule has 0 radical (unpaired) electrons. The van der Waals surface area contributed by atoms with E-state index in [-0.39, 0.29) is 5.78 Å². The lowest BCUT2D eigenvalue weighted by atomic mass is 9.83. The van der Waals surface area contributed by atoms with Crippen molar-refractivity contribution in [1.82, 2.24) is 0 Å². The highest BCUT2D eigenvalue weighted by atomic mass is 16.5. The van der Waals surface area contributed by atoms with Crippen LogP contribution >= 0.6 is 0 Å². The molecule has 4 aromatic rings. The lowest BCUT2D eigenvalue weighted by molar-refractivity contribution is 0.104. The predicted molar refractivity (Wildman–Crippen MR) is 119 cm³/mol. The van der Waals surface area contributed by atoms with Crippen molar-refractivity contribution in [2.45, 2.75) is 5.60 Å². The Bertz CT molecular complexity index is 1280. The topological polar surface area (TPSA) is 26.3 Å². The SMILES string of the molecule is O=C1c2ccccc2-c2cc3c(cc21)OC(c1ccccc1)(c1ccccc1)C=C3. The van der Waals surface area contributed by atoms with E-state index in [9.17, 15) is 4.79 Å². The second kappa shape index (κ2) is 6.30. The van der Waals surface area contributed by atoms with Gasteiger partial charge in [0.25, 0.3) is 0 Å². The van der Waals surface area contributed by atoms with E-state index in [2.05, 4.69) is 42.5 Å². The summed E-state index contributed by atoms with van der Waals surface area (Å²) in [5.41, 5.74) is 5.79. The summed E-state index contributed by atoms with van der Waals surface area (Å²) in [7, 11) is 0. The molecule has 0 atom stereocenters. The number of hydrogen-bond acceptors (Lipinski definition) is 2. The van der Waals surface area contributed by atoms with Crippen LogP contribution in [0.2, 0.25) is 0 Å². The van der Waals surface area contributed by atoms with Gasteiger partial charge >= 0.3 is 0 Å². The van der Waals surface area contributed by atoms with Gasteiger partial charge in [-0.3, -0.25) is 4.79 Å². The van der Waals surface area contributed by atoms with Gasteiger partial charge in [0.1, 0.15) is 5.75 Å². The maximum atomic E-state index is 13.0. The fourth-order valence-corrected chi connectivity index (χ4v) is 4.55. The normalized spacial score (nSPS) is 15.1. The third kappa shape index (κ3) is 2.34. The zero-order valence-electron chi connectivity index (χ0n) is 16.2. The van der Waals surface area contributed by atoms with Crippen molar-refractivity contribution in [3.8, 4) is 16.9 Å². The second-order valence-corrected chi connectivity index (χ2v) is 7.71. The zero-order valence-corrected chi connectivity index (χ0v) is 16.2. The molecule has 4 aromatic carbocycles. The first kappa shape index (κ1) is 17.0. The Kier molecular flexibility index (Phi) is 3.57. The Balaban J connectivity index is 1.54. The number of carbonyl (C=O) groups is 1. The molecule has 0 N–H and O–H groups in total. The molecular formula is C28H18O2. The Morgan fingerprint density at radius 1 is 0.600 bits per heavy atom. The van der Waals surface area contributed by atoms with Gasteiger partial charge in [0.2, 0.25) is 0 Å². The maximum absolute atomic E-state index is 13.0. The third-order valence-electron chi connectivity index (χ3n) is 6.03. The van der Waals surface area contributed by atoms with Gasteiger partial charge in [-0.2, -0.15) is 0 Å². The van der Waals surface area contributed by atoms with Crippen LogP contribution < -0.4 is 4.74 Å². The van der Waals surface area contributed by atoms with Gasteiger partial charge in [0, 0.05) is 27.8 Å².